The maximum atomic E-state index is 14.9. The smallest absolute Gasteiger partial charge is 0.186 e. The molecule has 5 rings (SSSR count). The van der Waals surface area contributed by atoms with Crippen molar-refractivity contribution in [3.63, 3.8) is 0 Å². The number of allylic oxidation sites excluding steroid dienone is 2. The molecule has 0 N–H and O–H groups in total. The van der Waals surface area contributed by atoms with E-state index in [0.29, 0.717) is 42.4 Å². The first kappa shape index (κ1) is 23.8. The first-order chi connectivity index (χ1) is 17.0. The molecule has 3 aromatic rings. The van der Waals surface area contributed by atoms with Crippen LogP contribution in [0.15, 0.2) is 66.7 Å². The minimum absolute atomic E-state index is 0.176. The van der Waals surface area contributed by atoms with E-state index >= 15 is 0 Å². The quantitative estimate of drug-likeness (QED) is 0.259. The summed E-state index contributed by atoms with van der Waals surface area (Å²) in [6.45, 7) is 3.48. The highest BCUT2D eigenvalue weighted by Gasteiger charge is 2.30. The molecule has 0 saturated carbocycles. The zero-order valence-corrected chi connectivity index (χ0v) is 19.5. The van der Waals surface area contributed by atoms with Crippen LogP contribution in [0.4, 0.5) is 13.2 Å². The van der Waals surface area contributed by atoms with Gasteiger partial charge in [-0.2, -0.15) is 0 Å². The van der Waals surface area contributed by atoms with Crippen molar-refractivity contribution >= 4 is 0 Å². The number of epoxide rings is 1. The average molecular weight is 481 g/mol. The minimum Gasteiger partial charge on any atom is -0.368 e. The maximum absolute atomic E-state index is 14.9. The van der Waals surface area contributed by atoms with E-state index in [-0.39, 0.29) is 17.2 Å². The molecule has 0 amide bonds. The highest BCUT2D eigenvalue weighted by Crippen LogP contribution is 2.36. The second kappa shape index (κ2) is 10.4. The number of benzene rings is 3. The molecule has 6 heteroatoms. The van der Waals surface area contributed by atoms with Gasteiger partial charge in [0.25, 0.3) is 0 Å². The van der Waals surface area contributed by atoms with Gasteiger partial charge in [-0.25, -0.2) is 13.2 Å². The lowest BCUT2D eigenvalue weighted by atomic mass is 9.97. The van der Waals surface area contributed by atoms with Gasteiger partial charge in [0.15, 0.2) is 17.9 Å². The molecule has 35 heavy (non-hydrogen) atoms. The van der Waals surface area contributed by atoms with Crippen LogP contribution in [-0.2, 0) is 14.2 Å². The van der Waals surface area contributed by atoms with E-state index in [1.165, 1.54) is 6.07 Å². The summed E-state index contributed by atoms with van der Waals surface area (Å²) in [6.07, 6.45) is 5.02. The fourth-order valence-electron chi connectivity index (χ4n) is 4.39. The summed E-state index contributed by atoms with van der Waals surface area (Å²) in [7, 11) is 0. The Bertz CT molecular complexity index is 1210. The van der Waals surface area contributed by atoms with Gasteiger partial charge in [-0.3, -0.25) is 0 Å². The molecule has 0 radical (unpaired) electrons. The first-order valence-electron chi connectivity index (χ1n) is 11.9. The molecule has 2 aliphatic heterocycles. The normalized spacial score (nSPS) is 22.0. The third-order valence-corrected chi connectivity index (χ3v) is 6.52. The molecule has 2 saturated heterocycles. The molecule has 0 spiro atoms. The average Bonchev–Trinajstić information content (AvgIpc) is 3.72. The Hall–Kier alpha value is -2.93. The Labute approximate surface area is 203 Å². The molecular weight excluding hydrogens is 453 g/mol. The molecule has 182 valence electrons. The molecule has 3 nitrogen and oxygen atoms in total. The predicted molar refractivity (Wildman–Crippen MR) is 128 cm³/mol. The van der Waals surface area contributed by atoms with Crippen LogP contribution < -0.4 is 0 Å². The van der Waals surface area contributed by atoms with E-state index in [1.807, 2.05) is 19.1 Å². The summed E-state index contributed by atoms with van der Waals surface area (Å²) in [5.41, 5.74) is 2.76. The number of hydrogen-bond acceptors (Lipinski definition) is 3. The largest absolute Gasteiger partial charge is 0.368 e. The van der Waals surface area contributed by atoms with Crippen LogP contribution in [0.25, 0.3) is 22.3 Å². The number of ether oxygens (including phenoxy) is 3. The van der Waals surface area contributed by atoms with Gasteiger partial charge in [0.05, 0.1) is 19.8 Å². The van der Waals surface area contributed by atoms with Crippen molar-refractivity contribution in [2.24, 2.45) is 5.92 Å². The molecule has 3 aromatic carbocycles. The molecule has 2 heterocycles. The van der Waals surface area contributed by atoms with Crippen LogP contribution in [0.3, 0.4) is 0 Å². The second-order valence-corrected chi connectivity index (χ2v) is 8.98. The Morgan fingerprint density at radius 1 is 0.771 bits per heavy atom. The Morgan fingerprint density at radius 3 is 2.09 bits per heavy atom. The molecule has 1 atom stereocenters. The summed E-state index contributed by atoms with van der Waals surface area (Å²) < 4.78 is 60.6. The van der Waals surface area contributed by atoms with Crippen LogP contribution in [0.1, 0.15) is 43.3 Å². The fourth-order valence-corrected chi connectivity index (χ4v) is 4.39. The van der Waals surface area contributed by atoms with Crippen molar-refractivity contribution in [1.82, 2.24) is 0 Å². The number of halogens is 3. The molecular formula is C29H27F3O3. The standard InChI is InChI=1S/C29H27F3O3/c1-2-3-4-5-18-15-34-29(35-16-18)23-11-10-21(14-25(23)30)19-6-8-20(9-7-19)22-12-13-24(26-17-33-26)28(32)27(22)31/h2-3,6-14,18,26,29H,4-5,15-17H2,1H3/b3-2+. The second-order valence-electron chi connectivity index (χ2n) is 8.98. The SMILES string of the molecule is C/C=C/CCC1COC(c2ccc(-c3ccc(-c4ccc(C5CO5)c(F)c4F)cc3)cc2F)OC1. The zero-order valence-electron chi connectivity index (χ0n) is 19.5. The monoisotopic (exact) mass is 480 g/mol. The molecule has 2 fully saturated rings. The topological polar surface area (TPSA) is 31.0 Å². The van der Waals surface area contributed by atoms with Gasteiger partial charge < -0.3 is 14.2 Å². The van der Waals surface area contributed by atoms with Gasteiger partial charge in [-0.15, -0.1) is 0 Å². The number of rotatable bonds is 7. The van der Waals surface area contributed by atoms with Crippen LogP contribution in [-0.4, -0.2) is 19.8 Å². The van der Waals surface area contributed by atoms with E-state index in [2.05, 4.69) is 6.08 Å². The Morgan fingerprint density at radius 2 is 1.43 bits per heavy atom. The zero-order chi connectivity index (χ0) is 24.4. The maximum Gasteiger partial charge on any atom is 0.186 e. The van der Waals surface area contributed by atoms with Gasteiger partial charge in [0, 0.05) is 22.6 Å². The summed E-state index contributed by atoms with van der Waals surface area (Å²) in [5.74, 6) is -1.87. The van der Waals surface area contributed by atoms with E-state index in [1.54, 1.807) is 42.5 Å². The van der Waals surface area contributed by atoms with E-state index < -0.39 is 23.7 Å². The lowest BCUT2D eigenvalue weighted by Gasteiger charge is -2.29. The highest BCUT2D eigenvalue weighted by molar-refractivity contribution is 5.71. The third kappa shape index (κ3) is 5.20. The summed E-state index contributed by atoms with van der Waals surface area (Å²) in [5, 5.41) is 0. The Kier molecular flexibility index (Phi) is 7.04. The molecule has 1 unspecified atom stereocenters. The van der Waals surface area contributed by atoms with E-state index in [9.17, 15) is 13.2 Å². The molecule has 0 aliphatic carbocycles. The minimum atomic E-state index is -0.891. The van der Waals surface area contributed by atoms with Gasteiger partial charge in [0.2, 0.25) is 0 Å². The van der Waals surface area contributed by atoms with Crippen LogP contribution >= 0.6 is 0 Å². The van der Waals surface area contributed by atoms with Crippen LogP contribution in [0, 0.1) is 23.4 Å². The molecule has 0 bridgehead atoms. The fraction of sp³-hybridized carbons (Fsp3) is 0.310. The van der Waals surface area contributed by atoms with E-state index in [0.717, 1.165) is 18.4 Å². The summed E-state index contributed by atoms with van der Waals surface area (Å²) >= 11 is 0. The molecule has 2 aliphatic rings. The van der Waals surface area contributed by atoms with Gasteiger partial charge >= 0.3 is 0 Å². The van der Waals surface area contributed by atoms with Gasteiger partial charge in [-0.05, 0) is 42.5 Å². The van der Waals surface area contributed by atoms with Gasteiger partial charge in [-0.1, -0.05) is 60.7 Å². The predicted octanol–water partition coefficient (Wildman–Crippen LogP) is 7.53. The first-order valence-corrected chi connectivity index (χ1v) is 11.9. The number of hydrogen-bond donors (Lipinski definition) is 0. The van der Waals surface area contributed by atoms with Crippen molar-refractivity contribution in [3.05, 3.63) is 95.3 Å². The third-order valence-electron chi connectivity index (χ3n) is 6.52. The van der Waals surface area contributed by atoms with Crippen LogP contribution in [0.2, 0.25) is 0 Å². The summed E-state index contributed by atoms with van der Waals surface area (Å²) in [4.78, 5) is 0. The van der Waals surface area contributed by atoms with Crippen LogP contribution in [0.5, 0.6) is 0 Å². The lowest BCUT2D eigenvalue weighted by molar-refractivity contribution is -0.207. The van der Waals surface area contributed by atoms with E-state index in [4.69, 9.17) is 14.2 Å². The lowest BCUT2D eigenvalue weighted by Crippen LogP contribution is -2.27. The van der Waals surface area contributed by atoms with Gasteiger partial charge in [0.1, 0.15) is 11.9 Å². The van der Waals surface area contributed by atoms with Crippen molar-refractivity contribution < 1.29 is 27.4 Å². The van der Waals surface area contributed by atoms with Crippen molar-refractivity contribution in [2.45, 2.75) is 32.2 Å². The highest BCUT2D eigenvalue weighted by atomic mass is 19.2. The van der Waals surface area contributed by atoms with Crippen molar-refractivity contribution in [1.29, 1.82) is 0 Å². The van der Waals surface area contributed by atoms with Crippen molar-refractivity contribution in [3.8, 4) is 22.3 Å². The summed E-state index contributed by atoms with van der Waals surface area (Å²) in [6, 6.07) is 15.0. The Balaban J connectivity index is 1.27. The van der Waals surface area contributed by atoms with Crippen molar-refractivity contribution in [2.75, 3.05) is 19.8 Å². The molecule has 0 aromatic heterocycles.